The van der Waals surface area contributed by atoms with Gasteiger partial charge >= 0.3 is 0 Å². The number of thiophene rings is 1. The lowest BCUT2D eigenvalue weighted by atomic mass is 10.1. The van der Waals surface area contributed by atoms with Gasteiger partial charge in [0.05, 0.1) is 28.0 Å². The van der Waals surface area contributed by atoms with Crippen LogP contribution in [-0.4, -0.2) is 44.2 Å². The van der Waals surface area contributed by atoms with Crippen LogP contribution in [0.5, 0.6) is 0 Å². The van der Waals surface area contributed by atoms with Gasteiger partial charge in [0.15, 0.2) is 0 Å². The number of amides is 1. The first-order valence-electron chi connectivity index (χ1n) is 12.7. The Morgan fingerprint density at radius 3 is 2.65 bits per heavy atom. The van der Waals surface area contributed by atoms with Gasteiger partial charge in [0.2, 0.25) is 5.43 Å². The first kappa shape index (κ1) is 27.9. The highest BCUT2D eigenvalue weighted by Crippen LogP contribution is 2.31. The maximum absolute atomic E-state index is 13.4. The third-order valence-electron chi connectivity index (χ3n) is 6.82. The molecule has 2 aromatic carbocycles. The standard InChI is InChI=1S/C30H29ClN4O4S/c1-34(15-25(37)24-12-9-19-5-3-4-6-23(19)33-24)16-26-22(17-36)27-29(40-26)28(38)21(14-35(27)2)30(39)32-13-18-7-10-20(31)11-8-18/h3-12,14,25,36-37H,13,15-17H2,1-2H3,(H,32,39). The number of para-hydroxylation sites is 1. The Kier molecular flexibility index (Phi) is 8.30. The number of carbonyl (C=O) groups excluding carboxylic acids is 1. The summed E-state index contributed by atoms with van der Waals surface area (Å²) in [6.45, 7) is 0.706. The van der Waals surface area contributed by atoms with E-state index in [2.05, 4.69) is 10.3 Å². The molecule has 0 aliphatic heterocycles. The highest BCUT2D eigenvalue weighted by molar-refractivity contribution is 7.19. The summed E-state index contributed by atoms with van der Waals surface area (Å²) in [5.74, 6) is -0.471. The fourth-order valence-corrected chi connectivity index (χ4v) is 6.27. The van der Waals surface area contributed by atoms with Crippen molar-refractivity contribution in [1.29, 1.82) is 0 Å². The van der Waals surface area contributed by atoms with Crippen molar-refractivity contribution in [2.75, 3.05) is 13.6 Å². The number of fused-ring (bicyclic) bond motifs is 2. The van der Waals surface area contributed by atoms with E-state index in [1.165, 1.54) is 17.5 Å². The molecule has 3 heterocycles. The van der Waals surface area contributed by atoms with Gasteiger partial charge in [-0.2, -0.15) is 0 Å². The molecule has 3 aromatic heterocycles. The fraction of sp³-hybridized carbons (Fsp3) is 0.233. The molecule has 3 N–H and O–H groups in total. The third kappa shape index (κ3) is 5.79. The summed E-state index contributed by atoms with van der Waals surface area (Å²) < 4.78 is 2.12. The van der Waals surface area contributed by atoms with Crippen molar-refractivity contribution in [3.63, 3.8) is 0 Å². The SMILES string of the molecule is CN(Cc1sc2c(=O)c(C(=O)NCc3ccc(Cl)cc3)cn(C)c2c1CO)CC(O)c1ccc2ccccc2n1. The molecule has 0 spiro atoms. The number of hydrogen-bond donors (Lipinski definition) is 3. The normalized spacial score (nSPS) is 12.3. The van der Waals surface area contributed by atoms with Crippen LogP contribution in [0.25, 0.3) is 21.1 Å². The zero-order valence-electron chi connectivity index (χ0n) is 22.1. The van der Waals surface area contributed by atoms with Crippen LogP contribution in [-0.2, 0) is 26.7 Å². The van der Waals surface area contributed by atoms with Crippen molar-refractivity contribution in [3.8, 4) is 0 Å². The van der Waals surface area contributed by atoms with Crippen LogP contribution in [0.3, 0.4) is 0 Å². The molecule has 0 aliphatic rings. The highest BCUT2D eigenvalue weighted by atomic mass is 35.5. The van der Waals surface area contributed by atoms with Crippen LogP contribution in [0.2, 0.25) is 5.02 Å². The summed E-state index contributed by atoms with van der Waals surface area (Å²) in [7, 11) is 3.62. The quantitative estimate of drug-likeness (QED) is 0.240. The van der Waals surface area contributed by atoms with Crippen molar-refractivity contribution < 1.29 is 15.0 Å². The number of benzene rings is 2. The molecule has 1 unspecified atom stereocenters. The number of aromatic nitrogens is 2. The number of nitrogens with zero attached hydrogens (tertiary/aromatic N) is 3. The van der Waals surface area contributed by atoms with E-state index in [4.69, 9.17) is 11.6 Å². The van der Waals surface area contributed by atoms with Gasteiger partial charge in [0, 0.05) is 53.7 Å². The second kappa shape index (κ2) is 11.9. The van der Waals surface area contributed by atoms with E-state index in [1.807, 2.05) is 60.5 Å². The molecule has 5 aromatic rings. The third-order valence-corrected chi connectivity index (χ3v) is 8.27. The number of nitrogens with one attached hydrogen (secondary N) is 1. The minimum absolute atomic E-state index is 0.0346. The lowest BCUT2D eigenvalue weighted by Gasteiger charge is -2.20. The van der Waals surface area contributed by atoms with Crippen molar-refractivity contribution in [2.24, 2.45) is 7.05 Å². The molecule has 0 saturated carbocycles. The maximum atomic E-state index is 13.4. The maximum Gasteiger partial charge on any atom is 0.257 e. The van der Waals surface area contributed by atoms with Crippen LogP contribution in [0.1, 0.15) is 38.2 Å². The summed E-state index contributed by atoms with van der Waals surface area (Å²) in [5.41, 5.74) is 3.15. The van der Waals surface area contributed by atoms with E-state index >= 15 is 0 Å². The van der Waals surface area contributed by atoms with E-state index < -0.39 is 12.0 Å². The van der Waals surface area contributed by atoms with Gasteiger partial charge in [-0.1, -0.05) is 48.0 Å². The summed E-state index contributed by atoms with van der Waals surface area (Å²) in [4.78, 5) is 33.6. The van der Waals surface area contributed by atoms with Gasteiger partial charge in [0.1, 0.15) is 11.7 Å². The number of aliphatic hydroxyl groups is 2. The highest BCUT2D eigenvalue weighted by Gasteiger charge is 2.22. The molecule has 0 radical (unpaired) electrons. The average Bonchev–Trinajstić information content (AvgIpc) is 3.32. The predicted molar refractivity (Wildman–Crippen MR) is 159 cm³/mol. The molecular formula is C30H29ClN4O4S. The zero-order chi connectivity index (χ0) is 28.4. The van der Waals surface area contributed by atoms with E-state index in [-0.39, 0.29) is 24.1 Å². The summed E-state index contributed by atoms with van der Waals surface area (Å²) >= 11 is 7.19. The topological polar surface area (TPSA) is 108 Å². The Balaban J connectivity index is 1.35. The summed E-state index contributed by atoms with van der Waals surface area (Å²) in [6, 6.07) is 18.6. The Hall–Kier alpha value is -3.60. The monoisotopic (exact) mass is 576 g/mol. The molecule has 0 fully saturated rings. The summed E-state index contributed by atoms with van der Waals surface area (Å²) in [5, 5.41) is 25.5. The molecule has 0 saturated heterocycles. The molecule has 1 atom stereocenters. The molecular weight excluding hydrogens is 548 g/mol. The van der Waals surface area contributed by atoms with Gasteiger partial charge in [0.25, 0.3) is 5.91 Å². The van der Waals surface area contributed by atoms with Crippen molar-refractivity contribution >= 4 is 50.0 Å². The number of rotatable bonds is 9. The van der Waals surface area contributed by atoms with Crippen LogP contribution in [0.15, 0.2) is 71.7 Å². The number of hydrogen-bond acceptors (Lipinski definition) is 7. The van der Waals surface area contributed by atoms with Crippen LogP contribution in [0.4, 0.5) is 0 Å². The van der Waals surface area contributed by atoms with Gasteiger partial charge in [-0.15, -0.1) is 11.3 Å². The smallest absolute Gasteiger partial charge is 0.257 e. The van der Waals surface area contributed by atoms with E-state index in [9.17, 15) is 19.8 Å². The van der Waals surface area contributed by atoms with Crippen LogP contribution < -0.4 is 10.7 Å². The van der Waals surface area contributed by atoms with E-state index in [0.717, 1.165) is 21.3 Å². The first-order valence-corrected chi connectivity index (χ1v) is 13.9. The molecule has 10 heteroatoms. The molecule has 8 nitrogen and oxygen atoms in total. The molecule has 0 bridgehead atoms. The number of carbonyl (C=O) groups is 1. The lowest BCUT2D eigenvalue weighted by Crippen LogP contribution is -2.29. The number of aryl methyl sites for hydroxylation is 1. The molecule has 1 amide bonds. The zero-order valence-corrected chi connectivity index (χ0v) is 23.7. The Labute approximate surface area is 240 Å². The second-order valence-corrected chi connectivity index (χ2v) is 11.3. The van der Waals surface area contributed by atoms with Crippen molar-refractivity contribution in [1.82, 2.24) is 19.8 Å². The minimum Gasteiger partial charge on any atom is -0.392 e. The van der Waals surface area contributed by atoms with E-state index in [0.29, 0.717) is 39.6 Å². The number of aliphatic hydroxyl groups excluding tert-OH is 2. The fourth-order valence-electron chi connectivity index (χ4n) is 4.77. The number of pyridine rings is 2. The van der Waals surface area contributed by atoms with Crippen molar-refractivity contribution in [3.05, 3.63) is 109 Å². The van der Waals surface area contributed by atoms with E-state index in [1.54, 1.807) is 23.7 Å². The predicted octanol–water partition coefficient (Wildman–Crippen LogP) is 4.39. The van der Waals surface area contributed by atoms with Crippen LogP contribution in [0, 0.1) is 0 Å². The number of likely N-dealkylation sites (N-methyl/N-ethyl adjacent to an activating group) is 1. The average molecular weight is 577 g/mol. The molecule has 206 valence electrons. The minimum atomic E-state index is -0.816. The second-order valence-electron chi connectivity index (χ2n) is 9.77. The Bertz CT molecular complexity index is 1750. The largest absolute Gasteiger partial charge is 0.392 e. The van der Waals surface area contributed by atoms with Gasteiger partial charge in [-0.3, -0.25) is 19.5 Å². The molecule has 5 rings (SSSR count). The first-order chi connectivity index (χ1) is 19.2. The Morgan fingerprint density at radius 2 is 1.90 bits per heavy atom. The molecule has 40 heavy (non-hydrogen) atoms. The Morgan fingerprint density at radius 1 is 1.15 bits per heavy atom. The van der Waals surface area contributed by atoms with Gasteiger partial charge in [-0.25, -0.2) is 0 Å². The number of halogens is 1. The molecule has 0 aliphatic carbocycles. The van der Waals surface area contributed by atoms with Crippen LogP contribution >= 0.6 is 22.9 Å². The van der Waals surface area contributed by atoms with Gasteiger partial charge in [-0.05, 0) is 36.9 Å². The summed E-state index contributed by atoms with van der Waals surface area (Å²) in [6.07, 6.45) is 0.694. The van der Waals surface area contributed by atoms with Gasteiger partial charge < -0.3 is 20.1 Å². The lowest BCUT2D eigenvalue weighted by molar-refractivity contribution is 0.0949. The van der Waals surface area contributed by atoms with Crippen molar-refractivity contribution in [2.45, 2.75) is 25.8 Å².